The largest absolute Gasteiger partial charge is 0.348 e. The van der Waals surface area contributed by atoms with Gasteiger partial charge in [0.15, 0.2) is 9.84 Å². The van der Waals surface area contributed by atoms with E-state index in [0.717, 1.165) is 0 Å². The Bertz CT molecular complexity index is 928. The number of nitrogens with zero attached hydrogens (tertiary/aromatic N) is 2. The van der Waals surface area contributed by atoms with Gasteiger partial charge >= 0.3 is 0 Å². The summed E-state index contributed by atoms with van der Waals surface area (Å²) in [7, 11) is -1.44. The molecule has 1 fully saturated rings. The van der Waals surface area contributed by atoms with E-state index < -0.39 is 21.8 Å². The maximum absolute atomic E-state index is 12.6. The SMILES string of the molecule is CN(C(=O)c1cc(C(=O)NC2CCS(=O)(=O)C2)ccn1)c1ccccc1. The standard InChI is InChI=1S/C18H19N3O4S/c1-21(15-5-3-2-4-6-15)18(23)16-11-13(7-9-19-16)17(22)20-14-8-10-26(24,25)12-14/h2-7,9,11,14H,8,10,12H2,1H3,(H,20,22). The van der Waals surface area contributed by atoms with E-state index in [0.29, 0.717) is 12.1 Å². The smallest absolute Gasteiger partial charge is 0.276 e. The molecule has 1 aliphatic rings. The van der Waals surface area contributed by atoms with Gasteiger partial charge in [0.25, 0.3) is 11.8 Å². The molecule has 0 bridgehead atoms. The quantitative estimate of drug-likeness (QED) is 0.871. The highest BCUT2D eigenvalue weighted by Gasteiger charge is 2.29. The number of rotatable bonds is 4. The molecule has 0 saturated carbocycles. The first-order chi connectivity index (χ1) is 12.4. The average molecular weight is 373 g/mol. The van der Waals surface area contributed by atoms with Crippen molar-refractivity contribution < 1.29 is 18.0 Å². The predicted octanol–water partition coefficient (Wildman–Crippen LogP) is 1.28. The van der Waals surface area contributed by atoms with Gasteiger partial charge in [0, 0.05) is 30.5 Å². The topological polar surface area (TPSA) is 96.4 Å². The molecular weight excluding hydrogens is 354 g/mol. The third kappa shape index (κ3) is 4.08. The highest BCUT2D eigenvalue weighted by atomic mass is 32.2. The zero-order valence-electron chi connectivity index (χ0n) is 14.3. The summed E-state index contributed by atoms with van der Waals surface area (Å²) in [4.78, 5) is 30.5. The van der Waals surface area contributed by atoms with Crippen LogP contribution in [0.4, 0.5) is 5.69 Å². The summed E-state index contributed by atoms with van der Waals surface area (Å²) in [5.74, 6) is -0.716. The van der Waals surface area contributed by atoms with E-state index in [2.05, 4.69) is 10.3 Å². The Morgan fingerprint density at radius 1 is 1.19 bits per heavy atom. The molecular formula is C18H19N3O4S. The lowest BCUT2D eigenvalue weighted by Gasteiger charge is -2.17. The fraction of sp³-hybridized carbons (Fsp3) is 0.278. The zero-order chi connectivity index (χ0) is 18.7. The summed E-state index contributed by atoms with van der Waals surface area (Å²) < 4.78 is 23.0. The molecule has 2 aromatic rings. The van der Waals surface area contributed by atoms with Crippen LogP contribution in [0.25, 0.3) is 0 Å². The van der Waals surface area contributed by atoms with Crippen molar-refractivity contribution in [2.45, 2.75) is 12.5 Å². The van der Waals surface area contributed by atoms with Crippen LogP contribution in [0.5, 0.6) is 0 Å². The Morgan fingerprint density at radius 2 is 1.92 bits per heavy atom. The van der Waals surface area contributed by atoms with Gasteiger partial charge in [-0.15, -0.1) is 0 Å². The fourth-order valence-electron chi connectivity index (χ4n) is 2.81. The molecule has 2 heterocycles. The lowest BCUT2D eigenvalue weighted by molar-refractivity contribution is 0.0941. The molecule has 0 spiro atoms. The third-order valence-corrected chi connectivity index (χ3v) is 6.02. The molecule has 1 saturated heterocycles. The van der Waals surface area contributed by atoms with E-state index in [-0.39, 0.29) is 28.7 Å². The van der Waals surface area contributed by atoms with Crippen molar-refractivity contribution in [3.8, 4) is 0 Å². The molecule has 136 valence electrons. The van der Waals surface area contributed by atoms with Crippen molar-refractivity contribution in [1.29, 1.82) is 0 Å². The number of para-hydroxylation sites is 1. The number of amides is 2. The Kier molecular flexibility index (Phi) is 5.03. The van der Waals surface area contributed by atoms with Crippen LogP contribution in [-0.2, 0) is 9.84 Å². The van der Waals surface area contributed by atoms with E-state index in [1.165, 1.54) is 23.2 Å². The second-order valence-corrected chi connectivity index (χ2v) is 8.43. The number of benzene rings is 1. The first-order valence-corrected chi connectivity index (χ1v) is 9.98. The number of hydrogen-bond donors (Lipinski definition) is 1. The van der Waals surface area contributed by atoms with Crippen LogP contribution in [0, 0.1) is 0 Å². The van der Waals surface area contributed by atoms with Gasteiger partial charge < -0.3 is 10.2 Å². The average Bonchev–Trinajstić information content (AvgIpc) is 2.99. The summed E-state index contributed by atoms with van der Waals surface area (Å²) in [6, 6.07) is 11.6. The van der Waals surface area contributed by atoms with Crippen LogP contribution < -0.4 is 10.2 Å². The van der Waals surface area contributed by atoms with Gasteiger partial charge in [-0.25, -0.2) is 8.42 Å². The van der Waals surface area contributed by atoms with Gasteiger partial charge in [0.05, 0.1) is 11.5 Å². The highest BCUT2D eigenvalue weighted by Crippen LogP contribution is 2.15. The van der Waals surface area contributed by atoms with Crippen molar-refractivity contribution in [2.24, 2.45) is 0 Å². The minimum absolute atomic E-state index is 0.0492. The summed E-state index contributed by atoms with van der Waals surface area (Å²) in [5, 5.41) is 2.71. The Balaban J connectivity index is 1.73. The van der Waals surface area contributed by atoms with Crippen LogP contribution in [0.15, 0.2) is 48.7 Å². The molecule has 26 heavy (non-hydrogen) atoms. The van der Waals surface area contributed by atoms with E-state index >= 15 is 0 Å². The maximum atomic E-state index is 12.6. The van der Waals surface area contributed by atoms with E-state index in [4.69, 9.17) is 0 Å². The minimum Gasteiger partial charge on any atom is -0.348 e. The molecule has 1 unspecified atom stereocenters. The summed E-state index contributed by atoms with van der Waals surface area (Å²) in [6.45, 7) is 0. The van der Waals surface area contributed by atoms with Crippen molar-refractivity contribution in [2.75, 3.05) is 23.5 Å². The van der Waals surface area contributed by atoms with Gasteiger partial charge in [-0.3, -0.25) is 14.6 Å². The molecule has 0 radical (unpaired) electrons. The lowest BCUT2D eigenvalue weighted by Crippen LogP contribution is -2.36. The minimum atomic E-state index is -3.07. The zero-order valence-corrected chi connectivity index (χ0v) is 15.1. The Labute approximate surface area is 152 Å². The Hall–Kier alpha value is -2.74. The van der Waals surface area contributed by atoms with Gasteiger partial charge in [-0.1, -0.05) is 18.2 Å². The molecule has 0 aliphatic carbocycles. The first kappa shape index (κ1) is 18.1. The molecule has 3 rings (SSSR count). The molecule has 8 heteroatoms. The summed E-state index contributed by atoms with van der Waals surface area (Å²) in [6.07, 6.45) is 1.80. The fourth-order valence-corrected chi connectivity index (χ4v) is 4.48. The first-order valence-electron chi connectivity index (χ1n) is 8.16. The van der Waals surface area contributed by atoms with Crippen molar-refractivity contribution in [1.82, 2.24) is 10.3 Å². The molecule has 1 N–H and O–H groups in total. The second-order valence-electron chi connectivity index (χ2n) is 6.20. The van der Waals surface area contributed by atoms with Crippen LogP contribution >= 0.6 is 0 Å². The van der Waals surface area contributed by atoms with Crippen LogP contribution in [0.1, 0.15) is 27.3 Å². The number of pyridine rings is 1. The number of carbonyl (C=O) groups is 2. The summed E-state index contributed by atoms with van der Waals surface area (Å²) >= 11 is 0. The predicted molar refractivity (Wildman–Crippen MR) is 97.9 cm³/mol. The summed E-state index contributed by atoms with van der Waals surface area (Å²) in [5.41, 5.74) is 1.13. The van der Waals surface area contributed by atoms with E-state index in [1.807, 2.05) is 18.2 Å². The van der Waals surface area contributed by atoms with Crippen LogP contribution in [0.2, 0.25) is 0 Å². The number of aromatic nitrogens is 1. The highest BCUT2D eigenvalue weighted by molar-refractivity contribution is 7.91. The number of hydrogen-bond acceptors (Lipinski definition) is 5. The van der Waals surface area contributed by atoms with Gasteiger partial charge in [-0.2, -0.15) is 0 Å². The van der Waals surface area contributed by atoms with Crippen LogP contribution in [0.3, 0.4) is 0 Å². The number of anilines is 1. The molecule has 2 amide bonds. The Morgan fingerprint density at radius 3 is 2.58 bits per heavy atom. The van der Waals surface area contributed by atoms with E-state index in [1.54, 1.807) is 19.2 Å². The van der Waals surface area contributed by atoms with E-state index in [9.17, 15) is 18.0 Å². The normalized spacial score (nSPS) is 18.3. The van der Waals surface area contributed by atoms with Crippen molar-refractivity contribution in [3.05, 3.63) is 59.9 Å². The molecule has 1 aliphatic heterocycles. The molecule has 7 nitrogen and oxygen atoms in total. The number of nitrogens with one attached hydrogen (secondary N) is 1. The number of sulfone groups is 1. The molecule has 1 aromatic heterocycles. The van der Waals surface area contributed by atoms with Crippen LogP contribution in [-0.4, -0.2) is 49.8 Å². The second kappa shape index (κ2) is 7.25. The maximum Gasteiger partial charge on any atom is 0.276 e. The van der Waals surface area contributed by atoms with Crippen molar-refractivity contribution >= 4 is 27.3 Å². The lowest BCUT2D eigenvalue weighted by atomic mass is 10.1. The third-order valence-electron chi connectivity index (χ3n) is 4.26. The molecule has 1 atom stereocenters. The van der Waals surface area contributed by atoms with Gasteiger partial charge in [-0.05, 0) is 30.7 Å². The molecule has 1 aromatic carbocycles. The van der Waals surface area contributed by atoms with Gasteiger partial charge in [0.2, 0.25) is 0 Å². The number of carbonyl (C=O) groups excluding carboxylic acids is 2. The van der Waals surface area contributed by atoms with Crippen molar-refractivity contribution in [3.63, 3.8) is 0 Å². The van der Waals surface area contributed by atoms with Gasteiger partial charge in [0.1, 0.15) is 5.69 Å². The monoisotopic (exact) mass is 373 g/mol.